The molecule has 1 saturated heterocycles. The van der Waals surface area contributed by atoms with Gasteiger partial charge in [-0.15, -0.1) is 0 Å². The highest BCUT2D eigenvalue weighted by Crippen LogP contribution is 2.32. The van der Waals surface area contributed by atoms with E-state index < -0.39 is 0 Å². The molecule has 1 fully saturated rings. The van der Waals surface area contributed by atoms with Gasteiger partial charge in [-0.05, 0) is 55.8 Å². The van der Waals surface area contributed by atoms with Crippen LogP contribution in [-0.4, -0.2) is 31.4 Å². The van der Waals surface area contributed by atoms with Gasteiger partial charge in [0.1, 0.15) is 11.6 Å². The maximum atomic E-state index is 5.01. The molecule has 0 saturated carbocycles. The van der Waals surface area contributed by atoms with E-state index in [0.717, 1.165) is 53.8 Å². The van der Waals surface area contributed by atoms with Crippen molar-refractivity contribution in [2.75, 3.05) is 11.9 Å². The average Bonchev–Trinajstić information content (AvgIpc) is 2.86. The van der Waals surface area contributed by atoms with Crippen molar-refractivity contribution < 1.29 is 0 Å². The van der Waals surface area contributed by atoms with Crippen molar-refractivity contribution in [3.05, 3.63) is 96.8 Å². The Morgan fingerprint density at radius 1 is 0.906 bits per heavy atom. The van der Waals surface area contributed by atoms with Gasteiger partial charge in [0.05, 0.1) is 17.4 Å². The van der Waals surface area contributed by atoms with Gasteiger partial charge in [0, 0.05) is 42.5 Å². The maximum absolute atomic E-state index is 5.01. The average molecular weight is 423 g/mol. The second-order valence-corrected chi connectivity index (χ2v) is 8.03. The SMILES string of the molecule is c1ccc(Nc2cc(-c3cccnc3)nc([C@@H]3CCCCN3Cc3ccccn3)n2)cc1. The molecule has 1 aliphatic rings. The molecular formula is C26H26N6. The summed E-state index contributed by atoms with van der Waals surface area (Å²) in [5.74, 6) is 1.64. The smallest absolute Gasteiger partial charge is 0.148 e. The van der Waals surface area contributed by atoms with E-state index in [0.29, 0.717) is 0 Å². The van der Waals surface area contributed by atoms with Crippen LogP contribution in [-0.2, 0) is 6.54 Å². The Hall–Kier alpha value is -3.64. The van der Waals surface area contributed by atoms with Gasteiger partial charge in [-0.25, -0.2) is 9.97 Å². The monoisotopic (exact) mass is 422 g/mol. The third-order valence-electron chi connectivity index (χ3n) is 5.75. The molecule has 1 aliphatic heterocycles. The molecule has 4 aromatic rings. The Morgan fingerprint density at radius 2 is 1.81 bits per heavy atom. The molecular weight excluding hydrogens is 396 g/mol. The third kappa shape index (κ3) is 4.81. The zero-order valence-corrected chi connectivity index (χ0v) is 17.9. The number of nitrogens with zero attached hydrogens (tertiary/aromatic N) is 5. The van der Waals surface area contributed by atoms with Crippen molar-refractivity contribution >= 4 is 11.5 Å². The molecule has 1 N–H and O–H groups in total. The highest BCUT2D eigenvalue weighted by Gasteiger charge is 2.27. The summed E-state index contributed by atoms with van der Waals surface area (Å²) < 4.78 is 0. The lowest BCUT2D eigenvalue weighted by Crippen LogP contribution is -2.34. The Balaban J connectivity index is 1.51. The number of nitrogens with one attached hydrogen (secondary N) is 1. The summed E-state index contributed by atoms with van der Waals surface area (Å²) in [4.78, 5) is 21.3. The lowest BCUT2D eigenvalue weighted by Gasteiger charge is -2.34. The summed E-state index contributed by atoms with van der Waals surface area (Å²) in [6, 6.07) is 22.3. The molecule has 4 heterocycles. The fourth-order valence-electron chi connectivity index (χ4n) is 4.18. The first kappa shape index (κ1) is 20.3. The van der Waals surface area contributed by atoms with Crippen molar-refractivity contribution in [2.45, 2.75) is 31.8 Å². The van der Waals surface area contributed by atoms with Crippen molar-refractivity contribution in [1.29, 1.82) is 0 Å². The summed E-state index contributed by atoms with van der Waals surface area (Å²) in [7, 11) is 0. The first-order valence-corrected chi connectivity index (χ1v) is 11.1. The fraction of sp³-hybridized carbons (Fsp3) is 0.231. The molecule has 3 aromatic heterocycles. The van der Waals surface area contributed by atoms with E-state index in [1.807, 2.05) is 73.1 Å². The Labute approximate surface area is 188 Å². The van der Waals surface area contributed by atoms with Crippen molar-refractivity contribution in [3.63, 3.8) is 0 Å². The zero-order valence-electron chi connectivity index (χ0n) is 17.9. The van der Waals surface area contributed by atoms with Crippen molar-refractivity contribution in [3.8, 4) is 11.3 Å². The van der Waals surface area contributed by atoms with Crippen LogP contribution in [0.2, 0.25) is 0 Å². The Bertz CT molecular complexity index is 1130. The fourth-order valence-corrected chi connectivity index (χ4v) is 4.18. The molecule has 0 unspecified atom stereocenters. The Kier molecular flexibility index (Phi) is 6.12. The molecule has 0 bridgehead atoms. The number of aromatic nitrogens is 4. The number of hydrogen-bond acceptors (Lipinski definition) is 6. The van der Waals surface area contributed by atoms with Gasteiger partial charge >= 0.3 is 0 Å². The van der Waals surface area contributed by atoms with Gasteiger partial charge in [0.25, 0.3) is 0 Å². The highest BCUT2D eigenvalue weighted by molar-refractivity contribution is 5.65. The van der Waals surface area contributed by atoms with Gasteiger partial charge in [0.15, 0.2) is 0 Å². The van der Waals surface area contributed by atoms with Crippen LogP contribution < -0.4 is 5.32 Å². The summed E-state index contributed by atoms with van der Waals surface area (Å²) in [5, 5.41) is 3.46. The minimum Gasteiger partial charge on any atom is -0.340 e. The normalized spacial score (nSPS) is 16.6. The summed E-state index contributed by atoms with van der Waals surface area (Å²) in [5.41, 5.74) is 3.94. The zero-order chi connectivity index (χ0) is 21.6. The molecule has 1 atom stereocenters. The number of likely N-dealkylation sites (tertiary alicyclic amines) is 1. The van der Waals surface area contributed by atoms with Crippen LogP contribution in [0.3, 0.4) is 0 Å². The second-order valence-electron chi connectivity index (χ2n) is 8.03. The lowest BCUT2D eigenvalue weighted by atomic mass is 10.0. The van der Waals surface area contributed by atoms with Crippen LogP contribution in [0.25, 0.3) is 11.3 Å². The molecule has 0 spiro atoms. The molecule has 0 radical (unpaired) electrons. The van der Waals surface area contributed by atoms with Gasteiger partial charge in [-0.2, -0.15) is 0 Å². The Morgan fingerprint density at radius 3 is 2.62 bits per heavy atom. The lowest BCUT2D eigenvalue weighted by molar-refractivity contribution is 0.132. The van der Waals surface area contributed by atoms with E-state index in [-0.39, 0.29) is 6.04 Å². The minimum absolute atomic E-state index is 0.152. The first-order valence-electron chi connectivity index (χ1n) is 11.1. The number of pyridine rings is 2. The quantitative estimate of drug-likeness (QED) is 0.448. The van der Waals surface area contributed by atoms with Gasteiger partial charge in [0.2, 0.25) is 0 Å². The van der Waals surface area contributed by atoms with Gasteiger partial charge < -0.3 is 5.32 Å². The van der Waals surface area contributed by atoms with Crippen molar-refractivity contribution in [2.24, 2.45) is 0 Å². The summed E-state index contributed by atoms with van der Waals surface area (Å²) >= 11 is 0. The second kappa shape index (κ2) is 9.66. The summed E-state index contributed by atoms with van der Waals surface area (Å²) in [6.07, 6.45) is 8.88. The van der Waals surface area contributed by atoms with Crippen LogP contribution >= 0.6 is 0 Å². The third-order valence-corrected chi connectivity index (χ3v) is 5.75. The molecule has 5 rings (SSSR count). The molecule has 160 valence electrons. The molecule has 0 amide bonds. The number of para-hydroxylation sites is 1. The standard InChI is InChI=1S/C26H26N6/c1-2-10-21(11-3-1)29-25-17-23(20-9-8-14-27-18-20)30-26(31-25)24-13-5-7-16-32(24)19-22-12-4-6-15-28-22/h1-4,6,8-12,14-15,17-18,24H,5,7,13,16,19H2,(H,29,30,31)/t24-/m0/s1. The predicted octanol–water partition coefficient (Wildman–Crippen LogP) is 5.40. The van der Waals surface area contributed by atoms with E-state index in [2.05, 4.69) is 26.3 Å². The first-order chi connectivity index (χ1) is 15.8. The minimum atomic E-state index is 0.152. The number of anilines is 2. The van der Waals surface area contributed by atoms with Crippen LogP contribution in [0.4, 0.5) is 11.5 Å². The number of hydrogen-bond donors (Lipinski definition) is 1. The molecule has 0 aliphatic carbocycles. The van der Waals surface area contributed by atoms with Crippen LogP contribution in [0, 0.1) is 0 Å². The van der Waals surface area contributed by atoms with E-state index in [1.165, 1.54) is 12.8 Å². The van der Waals surface area contributed by atoms with Gasteiger partial charge in [-0.1, -0.05) is 30.7 Å². The van der Waals surface area contributed by atoms with E-state index >= 15 is 0 Å². The number of rotatable bonds is 6. The van der Waals surface area contributed by atoms with E-state index in [1.54, 1.807) is 6.20 Å². The maximum Gasteiger partial charge on any atom is 0.148 e. The topological polar surface area (TPSA) is 66.8 Å². The highest BCUT2D eigenvalue weighted by atomic mass is 15.2. The van der Waals surface area contributed by atoms with Crippen LogP contribution in [0.5, 0.6) is 0 Å². The van der Waals surface area contributed by atoms with Crippen LogP contribution in [0.15, 0.2) is 85.3 Å². The van der Waals surface area contributed by atoms with Crippen molar-refractivity contribution in [1.82, 2.24) is 24.8 Å². The summed E-state index contributed by atoms with van der Waals surface area (Å²) in [6.45, 7) is 1.82. The largest absolute Gasteiger partial charge is 0.340 e. The predicted molar refractivity (Wildman–Crippen MR) is 126 cm³/mol. The number of piperidine rings is 1. The van der Waals surface area contributed by atoms with E-state index in [4.69, 9.17) is 9.97 Å². The van der Waals surface area contributed by atoms with E-state index in [9.17, 15) is 0 Å². The van der Waals surface area contributed by atoms with Crippen LogP contribution in [0.1, 0.15) is 36.8 Å². The molecule has 6 nitrogen and oxygen atoms in total. The molecule has 1 aromatic carbocycles. The molecule has 6 heteroatoms. The molecule has 32 heavy (non-hydrogen) atoms. The van der Waals surface area contributed by atoms with Gasteiger partial charge in [-0.3, -0.25) is 14.9 Å². The number of benzene rings is 1.